The molecule has 7 nitrogen and oxygen atoms in total. The van der Waals surface area contributed by atoms with Gasteiger partial charge in [-0.3, -0.25) is 4.90 Å². The number of primary sulfonamides is 1. The molecule has 0 aromatic heterocycles. The van der Waals surface area contributed by atoms with Crippen molar-refractivity contribution >= 4 is 10.0 Å². The molecule has 1 aromatic rings. The van der Waals surface area contributed by atoms with Crippen molar-refractivity contribution in [3.63, 3.8) is 0 Å². The summed E-state index contributed by atoms with van der Waals surface area (Å²) in [5.41, 5.74) is 0. The Morgan fingerprint density at radius 2 is 1.95 bits per heavy atom. The molecule has 0 saturated carbocycles. The Balaban J connectivity index is 0.000000173. The lowest BCUT2D eigenvalue weighted by Crippen LogP contribution is -2.35. The minimum Gasteiger partial charge on any atom is -0.454 e. The Morgan fingerprint density at radius 1 is 1.24 bits per heavy atom. The molecule has 0 atom stereocenters. The molecule has 1 fully saturated rings. The maximum atomic E-state index is 11.0. The Labute approximate surface area is 124 Å². The van der Waals surface area contributed by atoms with Crippen LogP contribution in [-0.2, 0) is 14.8 Å². The Morgan fingerprint density at radius 3 is 2.52 bits per heavy atom. The summed E-state index contributed by atoms with van der Waals surface area (Å²) in [5, 5.41) is 4.97. The van der Waals surface area contributed by atoms with Gasteiger partial charge in [-0.15, -0.1) is 0 Å². The second-order valence-corrected chi connectivity index (χ2v) is 6.11. The molecular formula is C13H20N2O5S. The molecular weight excluding hydrogens is 296 g/mol. The zero-order chi connectivity index (χ0) is 15.3. The Kier molecular flexibility index (Phi) is 5.40. The number of likely N-dealkylation sites (N-methyl/N-ethyl adjacent to an activating group) is 1. The summed E-state index contributed by atoms with van der Waals surface area (Å²) in [4.78, 5) is 2.35. The molecule has 0 amide bonds. The summed E-state index contributed by atoms with van der Waals surface area (Å²) < 4.78 is 37.2. The van der Waals surface area contributed by atoms with Crippen molar-refractivity contribution in [3.8, 4) is 11.5 Å². The van der Waals surface area contributed by atoms with Gasteiger partial charge in [0.05, 0.1) is 13.2 Å². The second-order valence-electron chi connectivity index (χ2n) is 4.58. The molecule has 1 aromatic carbocycles. The van der Waals surface area contributed by atoms with E-state index >= 15 is 0 Å². The minimum absolute atomic E-state index is 0.0296. The number of rotatable bonds is 2. The van der Waals surface area contributed by atoms with Crippen LogP contribution in [0, 0.1) is 0 Å². The number of hydrogen-bond acceptors (Lipinski definition) is 6. The van der Waals surface area contributed by atoms with E-state index in [1.165, 1.54) is 12.6 Å². The van der Waals surface area contributed by atoms with Crippen LogP contribution in [0.25, 0.3) is 0 Å². The van der Waals surface area contributed by atoms with Gasteiger partial charge >= 0.3 is 0 Å². The van der Waals surface area contributed by atoms with Crippen LogP contribution in [0.2, 0.25) is 0 Å². The molecule has 2 N–H and O–H groups in total. The zero-order valence-electron chi connectivity index (χ0n) is 11.9. The average molecular weight is 316 g/mol. The number of para-hydroxylation sites is 1. The highest BCUT2D eigenvalue weighted by Gasteiger charge is 2.23. The summed E-state index contributed by atoms with van der Waals surface area (Å²) in [5.74, 6) is 0.608. The highest BCUT2D eigenvalue weighted by molar-refractivity contribution is 7.89. The van der Waals surface area contributed by atoms with Gasteiger partial charge in [0, 0.05) is 13.1 Å². The van der Waals surface area contributed by atoms with Crippen molar-refractivity contribution in [1.29, 1.82) is 0 Å². The van der Waals surface area contributed by atoms with Gasteiger partial charge in [0.2, 0.25) is 16.8 Å². The maximum Gasteiger partial charge on any atom is 0.241 e. The van der Waals surface area contributed by atoms with E-state index in [4.69, 9.17) is 19.3 Å². The second kappa shape index (κ2) is 7.08. The first-order valence-electron chi connectivity index (χ1n) is 6.74. The monoisotopic (exact) mass is 316 g/mol. The highest BCUT2D eigenvalue weighted by Crippen LogP contribution is 2.37. The summed E-state index contributed by atoms with van der Waals surface area (Å²) in [6.45, 7) is 7.48. The Bertz CT molecular complexity index is 570. The number of morpholine rings is 1. The topological polar surface area (TPSA) is 91.1 Å². The van der Waals surface area contributed by atoms with Crippen molar-refractivity contribution in [2.45, 2.75) is 11.8 Å². The van der Waals surface area contributed by atoms with Crippen LogP contribution in [0.1, 0.15) is 6.92 Å². The molecule has 3 rings (SSSR count). The lowest BCUT2D eigenvalue weighted by atomic mass is 10.3. The van der Waals surface area contributed by atoms with Crippen LogP contribution in [0.5, 0.6) is 11.5 Å². The molecule has 2 heterocycles. The lowest BCUT2D eigenvalue weighted by Gasteiger charge is -2.24. The van der Waals surface area contributed by atoms with E-state index in [-0.39, 0.29) is 17.4 Å². The molecule has 2 aliphatic rings. The van der Waals surface area contributed by atoms with Crippen LogP contribution in [-0.4, -0.2) is 53.0 Å². The number of sulfonamides is 1. The standard InChI is InChI=1S/C7H7NO4S.C6H13NO/c8-13(9,10)6-3-1-2-5-7(6)12-4-11-5;1-2-7-3-5-8-6-4-7/h1-3H,4H2,(H2,8,9,10);2-6H2,1H3. The third kappa shape index (κ3) is 4.31. The average Bonchev–Trinajstić information content (AvgIpc) is 2.96. The lowest BCUT2D eigenvalue weighted by molar-refractivity contribution is 0.0405. The molecule has 21 heavy (non-hydrogen) atoms. The first kappa shape index (κ1) is 16.0. The normalized spacial score (nSPS) is 18.0. The number of fused-ring (bicyclic) bond motifs is 1. The third-order valence-electron chi connectivity index (χ3n) is 3.22. The van der Waals surface area contributed by atoms with Gasteiger partial charge in [-0.2, -0.15) is 0 Å². The third-order valence-corrected chi connectivity index (χ3v) is 4.15. The van der Waals surface area contributed by atoms with Crippen LogP contribution in [0.15, 0.2) is 23.1 Å². The molecule has 118 valence electrons. The van der Waals surface area contributed by atoms with Crippen molar-refractivity contribution in [2.75, 3.05) is 39.6 Å². The summed E-state index contributed by atoms with van der Waals surface area (Å²) in [6, 6.07) is 4.55. The fourth-order valence-corrected chi connectivity index (χ4v) is 2.73. The van der Waals surface area contributed by atoms with Crippen LogP contribution >= 0.6 is 0 Å². The largest absolute Gasteiger partial charge is 0.454 e. The number of nitrogens with zero attached hydrogens (tertiary/aromatic N) is 1. The van der Waals surface area contributed by atoms with Crippen LogP contribution in [0.4, 0.5) is 0 Å². The summed E-state index contributed by atoms with van der Waals surface area (Å²) >= 11 is 0. The fourth-order valence-electron chi connectivity index (χ4n) is 2.04. The van der Waals surface area contributed by atoms with E-state index in [0.717, 1.165) is 26.3 Å². The highest BCUT2D eigenvalue weighted by atomic mass is 32.2. The molecule has 1 saturated heterocycles. The van der Waals surface area contributed by atoms with E-state index < -0.39 is 10.0 Å². The molecule has 2 aliphatic heterocycles. The molecule has 0 unspecified atom stereocenters. The van der Waals surface area contributed by atoms with E-state index in [1.54, 1.807) is 12.1 Å². The molecule has 0 spiro atoms. The molecule has 0 aliphatic carbocycles. The predicted octanol–water partition coefficient (Wildman–Crippen LogP) is 0.401. The van der Waals surface area contributed by atoms with Gasteiger partial charge in [-0.05, 0) is 18.7 Å². The number of hydrogen-bond donors (Lipinski definition) is 1. The first-order chi connectivity index (χ1) is 10.0. The zero-order valence-corrected chi connectivity index (χ0v) is 12.8. The molecule has 0 bridgehead atoms. The van der Waals surface area contributed by atoms with Crippen molar-refractivity contribution in [1.82, 2.24) is 4.90 Å². The molecule has 0 radical (unpaired) electrons. The summed E-state index contributed by atoms with van der Waals surface area (Å²) in [7, 11) is -3.73. The van der Waals surface area contributed by atoms with E-state index in [9.17, 15) is 8.42 Å². The quantitative estimate of drug-likeness (QED) is 0.849. The van der Waals surface area contributed by atoms with Gasteiger partial charge in [0.15, 0.2) is 11.5 Å². The number of ether oxygens (including phenoxy) is 3. The van der Waals surface area contributed by atoms with Gasteiger partial charge in [0.25, 0.3) is 0 Å². The van der Waals surface area contributed by atoms with Crippen LogP contribution < -0.4 is 14.6 Å². The van der Waals surface area contributed by atoms with Gasteiger partial charge in [0.1, 0.15) is 4.90 Å². The Hall–Kier alpha value is -1.35. The van der Waals surface area contributed by atoms with Crippen molar-refractivity contribution in [2.24, 2.45) is 5.14 Å². The minimum atomic E-state index is -3.73. The molecule has 8 heteroatoms. The number of nitrogens with two attached hydrogens (primary N) is 1. The maximum absolute atomic E-state index is 11.0. The van der Waals surface area contributed by atoms with Gasteiger partial charge in [-0.1, -0.05) is 13.0 Å². The van der Waals surface area contributed by atoms with Gasteiger partial charge < -0.3 is 14.2 Å². The van der Waals surface area contributed by atoms with Crippen molar-refractivity contribution < 1.29 is 22.6 Å². The first-order valence-corrected chi connectivity index (χ1v) is 8.28. The predicted molar refractivity (Wildman–Crippen MR) is 76.9 cm³/mol. The van der Waals surface area contributed by atoms with Gasteiger partial charge in [-0.25, -0.2) is 13.6 Å². The SMILES string of the molecule is CCN1CCOCC1.NS(=O)(=O)c1cccc2c1OCO2. The summed E-state index contributed by atoms with van der Waals surface area (Å²) in [6.07, 6.45) is 0. The smallest absolute Gasteiger partial charge is 0.241 e. The van der Waals surface area contributed by atoms with E-state index in [0.29, 0.717) is 5.75 Å². The van der Waals surface area contributed by atoms with Crippen molar-refractivity contribution in [3.05, 3.63) is 18.2 Å². The van der Waals surface area contributed by atoms with E-state index in [1.807, 2.05) is 0 Å². The van der Waals surface area contributed by atoms with Crippen LogP contribution in [0.3, 0.4) is 0 Å². The number of benzene rings is 1. The van der Waals surface area contributed by atoms with E-state index in [2.05, 4.69) is 11.8 Å². The fraction of sp³-hybridized carbons (Fsp3) is 0.538.